The summed E-state index contributed by atoms with van der Waals surface area (Å²) in [6, 6.07) is -0.577. The molecule has 2 N–H and O–H groups in total. The highest BCUT2D eigenvalue weighted by molar-refractivity contribution is 5.75. The zero-order chi connectivity index (χ0) is 10.1. The van der Waals surface area contributed by atoms with Gasteiger partial charge in [0.15, 0.2) is 0 Å². The van der Waals surface area contributed by atoms with Crippen molar-refractivity contribution in [2.45, 2.75) is 38.6 Å². The van der Waals surface area contributed by atoms with Gasteiger partial charge in [0, 0.05) is 6.42 Å². The molecule has 0 saturated carbocycles. The molecule has 0 aromatic heterocycles. The molecule has 0 radical (unpaired) electrons. The third-order valence-electron chi connectivity index (χ3n) is 1.59. The largest absolute Gasteiger partial charge is 0.465 e. The minimum absolute atomic E-state index is 0.368. The van der Waals surface area contributed by atoms with E-state index in [-0.39, 0.29) is 5.97 Å². The second-order valence-corrected chi connectivity index (χ2v) is 2.87. The Balaban J connectivity index is 3.50. The fourth-order valence-corrected chi connectivity index (χ4v) is 0.849. The Morgan fingerprint density at radius 3 is 2.85 bits per heavy atom. The minimum atomic E-state index is -0.577. The maximum Gasteiger partial charge on any atom is 0.322 e. The number of hydrogen-bond donors (Lipinski definition) is 1. The van der Waals surface area contributed by atoms with Crippen LogP contribution in [0.4, 0.5) is 0 Å². The van der Waals surface area contributed by atoms with Crippen LogP contribution in [0.1, 0.15) is 32.6 Å². The highest BCUT2D eigenvalue weighted by atomic mass is 16.5. The molecule has 4 heteroatoms. The van der Waals surface area contributed by atoms with Crippen LogP contribution in [0.3, 0.4) is 0 Å². The Morgan fingerprint density at radius 2 is 2.31 bits per heavy atom. The van der Waals surface area contributed by atoms with Crippen molar-refractivity contribution >= 4 is 12.3 Å². The van der Waals surface area contributed by atoms with E-state index in [1.54, 1.807) is 0 Å². The summed E-state index contributed by atoms with van der Waals surface area (Å²) in [4.78, 5) is 21.0. The van der Waals surface area contributed by atoms with E-state index in [0.29, 0.717) is 25.9 Å². The van der Waals surface area contributed by atoms with Crippen molar-refractivity contribution in [3.8, 4) is 0 Å². The van der Waals surface area contributed by atoms with E-state index >= 15 is 0 Å². The molecule has 13 heavy (non-hydrogen) atoms. The van der Waals surface area contributed by atoms with Crippen molar-refractivity contribution < 1.29 is 14.3 Å². The molecule has 4 nitrogen and oxygen atoms in total. The summed E-state index contributed by atoms with van der Waals surface area (Å²) in [6.07, 6.45) is 3.23. The number of hydrogen-bond acceptors (Lipinski definition) is 4. The van der Waals surface area contributed by atoms with Gasteiger partial charge in [0.25, 0.3) is 0 Å². The summed E-state index contributed by atoms with van der Waals surface area (Å²) < 4.78 is 4.83. The molecule has 0 aliphatic rings. The van der Waals surface area contributed by atoms with Crippen LogP contribution in [-0.2, 0) is 14.3 Å². The number of esters is 1. The number of ether oxygens (including phenoxy) is 1. The molecule has 0 aliphatic carbocycles. The molecule has 1 unspecified atom stereocenters. The lowest BCUT2D eigenvalue weighted by Crippen LogP contribution is -2.32. The van der Waals surface area contributed by atoms with Gasteiger partial charge in [0.2, 0.25) is 0 Å². The van der Waals surface area contributed by atoms with Crippen LogP contribution >= 0.6 is 0 Å². The van der Waals surface area contributed by atoms with E-state index < -0.39 is 6.04 Å². The van der Waals surface area contributed by atoms with Crippen molar-refractivity contribution in [1.82, 2.24) is 0 Å². The van der Waals surface area contributed by atoms with Gasteiger partial charge in [-0.2, -0.15) is 0 Å². The van der Waals surface area contributed by atoms with Crippen LogP contribution in [0.15, 0.2) is 0 Å². The first kappa shape index (κ1) is 12.1. The molecule has 0 fully saturated rings. The van der Waals surface area contributed by atoms with Crippen LogP contribution < -0.4 is 5.73 Å². The van der Waals surface area contributed by atoms with Gasteiger partial charge in [-0.15, -0.1) is 0 Å². The van der Waals surface area contributed by atoms with Crippen LogP contribution in [0.5, 0.6) is 0 Å². The lowest BCUT2D eigenvalue weighted by molar-refractivity contribution is -0.145. The van der Waals surface area contributed by atoms with Crippen LogP contribution in [0.25, 0.3) is 0 Å². The van der Waals surface area contributed by atoms with Gasteiger partial charge < -0.3 is 15.3 Å². The molecule has 0 saturated heterocycles. The predicted molar refractivity (Wildman–Crippen MR) is 49.1 cm³/mol. The van der Waals surface area contributed by atoms with Gasteiger partial charge in [-0.1, -0.05) is 6.92 Å². The molecular weight excluding hydrogens is 170 g/mol. The molecule has 76 valence electrons. The van der Waals surface area contributed by atoms with Crippen molar-refractivity contribution in [3.05, 3.63) is 0 Å². The average Bonchev–Trinajstić information content (AvgIpc) is 2.14. The number of carbonyl (C=O) groups is 2. The minimum Gasteiger partial charge on any atom is -0.465 e. The number of carbonyl (C=O) groups excluding carboxylic acids is 2. The highest BCUT2D eigenvalue weighted by Gasteiger charge is 2.13. The molecule has 0 bridgehead atoms. The van der Waals surface area contributed by atoms with Gasteiger partial charge in [0.1, 0.15) is 12.3 Å². The molecule has 0 aromatic rings. The Kier molecular flexibility index (Phi) is 7.20. The monoisotopic (exact) mass is 187 g/mol. The summed E-state index contributed by atoms with van der Waals surface area (Å²) in [5.41, 5.74) is 5.51. The normalized spacial score (nSPS) is 12.2. The van der Waals surface area contributed by atoms with Gasteiger partial charge in [-0.05, 0) is 19.3 Å². The third-order valence-corrected chi connectivity index (χ3v) is 1.59. The summed E-state index contributed by atoms with van der Waals surface area (Å²) in [6.45, 7) is 2.34. The van der Waals surface area contributed by atoms with E-state index in [2.05, 4.69) is 0 Å². The number of rotatable bonds is 7. The van der Waals surface area contributed by atoms with E-state index in [9.17, 15) is 9.59 Å². The Bertz CT molecular complexity index is 159. The van der Waals surface area contributed by atoms with E-state index in [1.165, 1.54) is 0 Å². The first-order valence-corrected chi connectivity index (χ1v) is 4.58. The zero-order valence-corrected chi connectivity index (χ0v) is 7.99. The number of nitrogens with two attached hydrogens (primary N) is 1. The fourth-order valence-electron chi connectivity index (χ4n) is 0.849. The van der Waals surface area contributed by atoms with Crippen molar-refractivity contribution in [3.63, 3.8) is 0 Å². The van der Waals surface area contributed by atoms with Gasteiger partial charge in [-0.25, -0.2) is 0 Å². The molecule has 0 aromatic carbocycles. The molecule has 1 atom stereocenters. The van der Waals surface area contributed by atoms with Crippen molar-refractivity contribution in [1.29, 1.82) is 0 Å². The smallest absolute Gasteiger partial charge is 0.322 e. The molecule has 0 aliphatic heterocycles. The Hall–Kier alpha value is -0.900. The lowest BCUT2D eigenvalue weighted by atomic mass is 10.1. The van der Waals surface area contributed by atoms with Crippen molar-refractivity contribution in [2.75, 3.05) is 6.61 Å². The van der Waals surface area contributed by atoms with Gasteiger partial charge in [-0.3, -0.25) is 4.79 Å². The third kappa shape index (κ3) is 6.28. The molecular formula is C9H17NO3. The second-order valence-electron chi connectivity index (χ2n) is 2.87. The lowest BCUT2D eigenvalue weighted by Gasteiger charge is -2.09. The van der Waals surface area contributed by atoms with Crippen LogP contribution in [-0.4, -0.2) is 24.9 Å². The fraction of sp³-hybridized carbons (Fsp3) is 0.778. The standard InChI is InChI=1S/C9H17NO3/c1-2-7-13-9(12)8(10)5-3-4-6-11/h6,8H,2-5,7,10H2,1H3. The molecule has 0 amide bonds. The number of unbranched alkanes of at least 4 members (excludes halogenated alkanes) is 1. The van der Waals surface area contributed by atoms with Crippen molar-refractivity contribution in [2.24, 2.45) is 5.73 Å². The second kappa shape index (κ2) is 7.73. The summed E-state index contributed by atoms with van der Waals surface area (Å²) in [5, 5.41) is 0. The van der Waals surface area contributed by atoms with Gasteiger partial charge >= 0.3 is 5.97 Å². The summed E-state index contributed by atoms with van der Waals surface area (Å²) in [5.74, 6) is -0.368. The van der Waals surface area contributed by atoms with Crippen LogP contribution in [0, 0.1) is 0 Å². The Labute approximate surface area is 78.4 Å². The van der Waals surface area contributed by atoms with Gasteiger partial charge in [0.05, 0.1) is 6.61 Å². The molecule has 0 heterocycles. The first-order chi connectivity index (χ1) is 6.22. The SMILES string of the molecule is CCCOC(=O)C(N)CCCC=O. The molecule has 0 rings (SSSR count). The number of aldehydes is 1. The summed E-state index contributed by atoms with van der Waals surface area (Å²) >= 11 is 0. The van der Waals surface area contributed by atoms with E-state index in [1.807, 2.05) is 6.92 Å². The van der Waals surface area contributed by atoms with E-state index in [4.69, 9.17) is 10.5 Å². The topological polar surface area (TPSA) is 69.4 Å². The Morgan fingerprint density at radius 1 is 1.62 bits per heavy atom. The average molecular weight is 187 g/mol. The molecule has 0 spiro atoms. The summed E-state index contributed by atoms with van der Waals surface area (Å²) in [7, 11) is 0. The van der Waals surface area contributed by atoms with Crippen LogP contribution in [0.2, 0.25) is 0 Å². The first-order valence-electron chi connectivity index (χ1n) is 4.58. The maximum atomic E-state index is 11.1. The quantitative estimate of drug-likeness (QED) is 0.360. The highest BCUT2D eigenvalue weighted by Crippen LogP contribution is 1.99. The van der Waals surface area contributed by atoms with E-state index in [0.717, 1.165) is 12.7 Å². The maximum absolute atomic E-state index is 11.1. The predicted octanol–water partition coefficient (Wildman–Crippen LogP) is 0.636. The zero-order valence-electron chi connectivity index (χ0n) is 7.99.